The molecule has 4 heteroatoms. The first-order valence-electron chi connectivity index (χ1n) is 4.91. The number of carbonyl (C=O) groups excluding carboxylic acids is 1. The largest absolute Gasteiger partial charge is 0.505 e. The van der Waals surface area contributed by atoms with Crippen molar-refractivity contribution in [2.75, 3.05) is 5.32 Å². The van der Waals surface area contributed by atoms with E-state index >= 15 is 0 Å². The molecule has 1 atom stereocenters. The number of anilines is 1. The number of aromatic hydroxyl groups is 1. The van der Waals surface area contributed by atoms with Crippen LogP contribution < -0.4 is 11.1 Å². The summed E-state index contributed by atoms with van der Waals surface area (Å²) in [4.78, 5) is 11.5. The molecule has 1 aromatic carbocycles. The highest BCUT2D eigenvalue weighted by Crippen LogP contribution is 2.26. The molecule has 0 aromatic heterocycles. The van der Waals surface area contributed by atoms with E-state index in [0.29, 0.717) is 12.1 Å². The summed E-state index contributed by atoms with van der Waals surface area (Å²) in [6, 6.07) is 4.64. The number of benzene rings is 1. The van der Waals surface area contributed by atoms with Crippen molar-refractivity contribution in [1.82, 2.24) is 0 Å². The quantitative estimate of drug-likeness (QED) is 0.657. The van der Waals surface area contributed by atoms with Gasteiger partial charge in [-0.15, -0.1) is 0 Å². The molecule has 0 saturated heterocycles. The molecule has 0 fully saturated rings. The van der Waals surface area contributed by atoms with E-state index in [1.54, 1.807) is 25.1 Å². The van der Waals surface area contributed by atoms with Crippen LogP contribution in [0.5, 0.6) is 5.75 Å². The van der Waals surface area contributed by atoms with Crippen LogP contribution in [-0.2, 0) is 4.79 Å². The fraction of sp³-hybridized carbons (Fsp3) is 0.364. The molecule has 0 bridgehead atoms. The lowest BCUT2D eigenvalue weighted by Gasteiger charge is -2.12. The van der Waals surface area contributed by atoms with Gasteiger partial charge in [-0.1, -0.05) is 19.1 Å². The minimum Gasteiger partial charge on any atom is -0.505 e. The Morgan fingerprint density at radius 3 is 2.87 bits per heavy atom. The van der Waals surface area contributed by atoms with Crippen molar-refractivity contribution < 1.29 is 9.90 Å². The zero-order valence-electron chi connectivity index (χ0n) is 8.95. The van der Waals surface area contributed by atoms with Gasteiger partial charge in [0.15, 0.2) is 0 Å². The smallest absolute Gasteiger partial charge is 0.241 e. The van der Waals surface area contributed by atoms with Crippen LogP contribution >= 0.6 is 0 Å². The van der Waals surface area contributed by atoms with Crippen LogP contribution in [-0.4, -0.2) is 17.1 Å². The van der Waals surface area contributed by atoms with Gasteiger partial charge in [-0.2, -0.15) is 0 Å². The number of phenolic OH excluding ortho intramolecular Hbond substituents is 1. The first-order chi connectivity index (χ1) is 7.06. The van der Waals surface area contributed by atoms with Gasteiger partial charge in [-0.05, 0) is 25.0 Å². The highest BCUT2D eigenvalue weighted by Gasteiger charge is 2.13. The highest BCUT2D eigenvalue weighted by atomic mass is 16.3. The Balaban J connectivity index is 2.81. The van der Waals surface area contributed by atoms with Crippen LogP contribution in [0.3, 0.4) is 0 Å². The number of hydrogen-bond donors (Lipinski definition) is 3. The van der Waals surface area contributed by atoms with Gasteiger partial charge >= 0.3 is 0 Å². The second-order valence-electron chi connectivity index (χ2n) is 3.48. The minimum absolute atomic E-state index is 0.0918. The molecule has 4 nitrogen and oxygen atoms in total. The Kier molecular flexibility index (Phi) is 3.68. The summed E-state index contributed by atoms with van der Waals surface area (Å²) >= 11 is 0. The van der Waals surface area contributed by atoms with Crippen LogP contribution in [0.25, 0.3) is 0 Å². The van der Waals surface area contributed by atoms with Crippen LogP contribution in [0.1, 0.15) is 18.9 Å². The van der Waals surface area contributed by atoms with Crippen LogP contribution in [0, 0.1) is 6.92 Å². The van der Waals surface area contributed by atoms with Gasteiger partial charge < -0.3 is 16.2 Å². The first kappa shape index (κ1) is 11.5. The molecule has 0 spiro atoms. The van der Waals surface area contributed by atoms with Crippen molar-refractivity contribution >= 4 is 11.6 Å². The van der Waals surface area contributed by atoms with Crippen molar-refractivity contribution in [2.24, 2.45) is 5.73 Å². The molecule has 0 aliphatic heterocycles. The third kappa shape index (κ3) is 2.70. The van der Waals surface area contributed by atoms with Crippen LogP contribution in [0.2, 0.25) is 0 Å². The van der Waals surface area contributed by atoms with Crippen molar-refractivity contribution in [3.8, 4) is 5.75 Å². The second-order valence-corrected chi connectivity index (χ2v) is 3.48. The topological polar surface area (TPSA) is 75.4 Å². The molecule has 1 amide bonds. The Bertz CT molecular complexity index is 364. The molecule has 0 radical (unpaired) electrons. The Hall–Kier alpha value is -1.55. The standard InChI is InChI=1S/C11H16N2O2/c1-3-8(12)11(15)13-9-6-4-5-7(2)10(9)14/h4-6,8,14H,3,12H2,1-2H3,(H,13,15)/t8-/m0/s1. The average molecular weight is 208 g/mol. The van der Waals surface area contributed by atoms with Gasteiger partial charge in [0, 0.05) is 0 Å². The van der Waals surface area contributed by atoms with Crippen molar-refractivity contribution in [1.29, 1.82) is 0 Å². The maximum absolute atomic E-state index is 11.5. The third-order valence-corrected chi connectivity index (χ3v) is 2.27. The molecule has 15 heavy (non-hydrogen) atoms. The molecule has 1 rings (SSSR count). The van der Waals surface area contributed by atoms with E-state index in [1.807, 2.05) is 6.92 Å². The minimum atomic E-state index is -0.537. The molecule has 0 aliphatic rings. The summed E-state index contributed by atoms with van der Waals surface area (Å²) in [5.74, 6) is -0.187. The highest BCUT2D eigenvalue weighted by molar-refractivity contribution is 5.96. The zero-order chi connectivity index (χ0) is 11.4. The van der Waals surface area contributed by atoms with E-state index in [0.717, 1.165) is 5.56 Å². The molecule has 82 valence electrons. The summed E-state index contributed by atoms with van der Waals surface area (Å²) in [6.07, 6.45) is 0.568. The normalized spacial score (nSPS) is 12.2. The number of hydrogen-bond acceptors (Lipinski definition) is 3. The number of nitrogens with two attached hydrogens (primary N) is 1. The van der Waals surface area contributed by atoms with Gasteiger partial charge in [0.2, 0.25) is 5.91 Å². The molecule has 0 unspecified atom stereocenters. The molecule has 4 N–H and O–H groups in total. The Labute approximate surface area is 89.1 Å². The van der Waals surface area contributed by atoms with E-state index in [4.69, 9.17) is 5.73 Å². The number of aryl methyl sites for hydroxylation is 1. The van der Waals surface area contributed by atoms with E-state index < -0.39 is 6.04 Å². The fourth-order valence-corrected chi connectivity index (χ4v) is 1.17. The Morgan fingerprint density at radius 2 is 2.27 bits per heavy atom. The number of rotatable bonds is 3. The van der Waals surface area contributed by atoms with Gasteiger partial charge in [0.05, 0.1) is 11.7 Å². The molecule has 0 heterocycles. The second kappa shape index (κ2) is 4.79. The lowest BCUT2D eigenvalue weighted by molar-refractivity contribution is -0.117. The van der Waals surface area contributed by atoms with Gasteiger partial charge in [0.1, 0.15) is 5.75 Å². The molecular weight excluding hydrogens is 192 g/mol. The number of carbonyl (C=O) groups is 1. The third-order valence-electron chi connectivity index (χ3n) is 2.27. The van der Waals surface area contributed by atoms with E-state index in [-0.39, 0.29) is 11.7 Å². The lowest BCUT2D eigenvalue weighted by atomic mass is 10.1. The number of nitrogens with one attached hydrogen (secondary N) is 1. The number of amides is 1. The van der Waals surface area contributed by atoms with Gasteiger partial charge in [0.25, 0.3) is 0 Å². The van der Waals surface area contributed by atoms with Crippen molar-refractivity contribution in [3.63, 3.8) is 0 Å². The maximum Gasteiger partial charge on any atom is 0.241 e. The molecule has 0 saturated carbocycles. The average Bonchev–Trinajstić information content (AvgIpc) is 2.23. The molecule has 1 aromatic rings. The van der Waals surface area contributed by atoms with Gasteiger partial charge in [-0.25, -0.2) is 0 Å². The first-order valence-corrected chi connectivity index (χ1v) is 4.91. The summed E-state index contributed by atoms with van der Waals surface area (Å²) < 4.78 is 0. The van der Waals surface area contributed by atoms with Crippen LogP contribution in [0.4, 0.5) is 5.69 Å². The summed E-state index contributed by atoms with van der Waals surface area (Å²) in [7, 11) is 0. The lowest BCUT2D eigenvalue weighted by Crippen LogP contribution is -2.34. The molecular formula is C11H16N2O2. The van der Waals surface area contributed by atoms with E-state index in [9.17, 15) is 9.90 Å². The summed E-state index contributed by atoms with van der Waals surface area (Å²) in [5.41, 5.74) is 6.69. The van der Waals surface area contributed by atoms with Crippen molar-refractivity contribution in [2.45, 2.75) is 26.3 Å². The SMILES string of the molecule is CC[C@H](N)C(=O)Nc1cccc(C)c1O. The monoisotopic (exact) mass is 208 g/mol. The number of phenols is 1. The summed E-state index contributed by atoms with van der Waals surface area (Å²) in [5, 5.41) is 12.2. The maximum atomic E-state index is 11.5. The van der Waals surface area contributed by atoms with Crippen molar-refractivity contribution in [3.05, 3.63) is 23.8 Å². The predicted molar refractivity (Wildman–Crippen MR) is 59.7 cm³/mol. The number of para-hydroxylation sites is 1. The van der Waals surface area contributed by atoms with Gasteiger partial charge in [-0.3, -0.25) is 4.79 Å². The summed E-state index contributed by atoms with van der Waals surface area (Å²) in [6.45, 7) is 3.60. The zero-order valence-corrected chi connectivity index (χ0v) is 8.95. The van der Waals surface area contributed by atoms with Crippen LogP contribution in [0.15, 0.2) is 18.2 Å². The predicted octanol–water partition coefficient (Wildman–Crippen LogP) is 1.38. The van der Waals surface area contributed by atoms with E-state index in [1.165, 1.54) is 0 Å². The Morgan fingerprint density at radius 1 is 1.60 bits per heavy atom. The van der Waals surface area contributed by atoms with E-state index in [2.05, 4.69) is 5.32 Å². The molecule has 0 aliphatic carbocycles. The fourth-order valence-electron chi connectivity index (χ4n) is 1.17.